The van der Waals surface area contributed by atoms with Crippen LogP contribution in [0.4, 0.5) is 5.69 Å². The molecule has 0 spiro atoms. The Morgan fingerprint density at radius 1 is 0.968 bits per heavy atom. The van der Waals surface area contributed by atoms with Crippen molar-refractivity contribution in [3.8, 4) is 11.8 Å². The van der Waals surface area contributed by atoms with Crippen LogP contribution in [0.1, 0.15) is 85.7 Å². The molecule has 31 heavy (non-hydrogen) atoms. The lowest BCUT2D eigenvalue weighted by Gasteiger charge is -2.07. The largest absolute Gasteiger partial charge is 0.494 e. The van der Waals surface area contributed by atoms with E-state index >= 15 is 0 Å². The zero-order chi connectivity index (χ0) is 22.2. The molecular weight excluding hydrogens is 404 g/mol. The van der Waals surface area contributed by atoms with Gasteiger partial charge in [-0.15, -0.1) is 11.3 Å². The average Bonchev–Trinajstić information content (AvgIpc) is 3.28. The van der Waals surface area contributed by atoms with Gasteiger partial charge in [0.1, 0.15) is 16.7 Å². The molecule has 4 nitrogen and oxygen atoms in total. The highest BCUT2D eigenvalue weighted by molar-refractivity contribution is 7.14. The second kappa shape index (κ2) is 15.3. The van der Waals surface area contributed by atoms with Crippen molar-refractivity contribution in [2.24, 2.45) is 0 Å². The Balaban J connectivity index is 1.55. The Kier molecular flexibility index (Phi) is 12.1. The molecule has 0 saturated heterocycles. The molecule has 1 N–H and O–H groups in total. The van der Waals surface area contributed by atoms with Crippen LogP contribution in [0.5, 0.6) is 5.75 Å². The van der Waals surface area contributed by atoms with Gasteiger partial charge in [-0.05, 0) is 42.8 Å². The van der Waals surface area contributed by atoms with Crippen molar-refractivity contribution in [1.82, 2.24) is 0 Å². The highest BCUT2D eigenvalue weighted by Crippen LogP contribution is 2.18. The smallest absolute Gasteiger partial charge is 0.197 e. The van der Waals surface area contributed by atoms with Gasteiger partial charge in [0.2, 0.25) is 0 Å². The van der Waals surface area contributed by atoms with E-state index in [2.05, 4.69) is 12.2 Å². The number of nitrogens with one attached hydrogen (secondary N) is 1. The fourth-order valence-electron chi connectivity index (χ4n) is 3.25. The van der Waals surface area contributed by atoms with E-state index in [0.717, 1.165) is 24.5 Å². The summed E-state index contributed by atoms with van der Waals surface area (Å²) in [7, 11) is 0. The van der Waals surface area contributed by atoms with Crippen LogP contribution >= 0.6 is 11.3 Å². The van der Waals surface area contributed by atoms with E-state index in [1.165, 1.54) is 75.2 Å². The molecule has 0 aliphatic rings. The number of nitrogens with zero attached hydrogens (tertiary/aromatic N) is 1. The molecule has 0 unspecified atom stereocenters. The fourth-order valence-corrected chi connectivity index (χ4v) is 3.98. The zero-order valence-electron chi connectivity index (χ0n) is 18.6. The molecular formula is C26H34N2O2S. The van der Waals surface area contributed by atoms with E-state index in [1.807, 2.05) is 30.3 Å². The van der Waals surface area contributed by atoms with Gasteiger partial charge in [0, 0.05) is 18.0 Å². The molecule has 2 aromatic rings. The number of carbonyl (C=O) groups excluding carboxylic acids is 1. The Hall–Kier alpha value is -2.58. The fraction of sp³-hybridized carbons (Fsp3) is 0.462. The van der Waals surface area contributed by atoms with Crippen molar-refractivity contribution in [3.05, 3.63) is 58.4 Å². The van der Waals surface area contributed by atoms with Crippen LogP contribution in [0.15, 0.2) is 48.7 Å². The summed E-state index contributed by atoms with van der Waals surface area (Å²) in [5, 5.41) is 11.9. The number of ether oxygens (including phenoxy) is 1. The van der Waals surface area contributed by atoms with Gasteiger partial charge in [-0.1, -0.05) is 64.7 Å². The third-order valence-corrected chi connectivity index (χ3v) is 6.07. The van der Waals surface area contributed by atoms with Gasteiger partial charge in [0.15, 0.2) is 5.78 Å². The Morgan fingerprint density at radius 3 is 2.23 bits per heavy atom. The first kappa shape index (κ1) is 24.7. The van der Waals surface area contributed by atoms with Gasteiger partial charge in [0.25, 0.3) is 0 Å². The number of ketones is 1. The standard InChI is InChI=1S/C26H34N2O2S/c1-2-3-4-5-6-7-8-9-10-11-20-30-23-14-12-22(13-15-23)28-19-18-25(29)26-17-16-24(21-27)31-26/h12-19,28H,2-11,20H2,1H3/b19-18-. The molecule has 0 bridgehead atoms. The minimum Gasteiger partial charge on any atom is -0.494 e. The maximum Gasteiger partial charge on any atom is 0.197 e. The lowest BCUT2D eigenvalue weighted by molar-refractivity contribution is 0.105. The normalized spacial score (nSPS) is 10.8. The first-order valence-electron chi connectivity index (χ1n) is 11.4. The van der Waals surface area contributed by atoms with E-state index in [9.17, 15) is 4.79 Å². The average molecular weight is 439 g/mol. The number of hydrogen-bond acceptors (Lipinski definition) is 5. The molecule has 0 fully saturated rings. The monoisotopic (exact) mass is 438 g/mol. The van der Waals surface area contributed by atoms with Gasteiger partial charge < -0.3 is 10.1 Å². The maximum atomic E-state index is 12.1. The summed E-state index contributed by atoms with van der Waals surface area (Å²) in [5.74, 6) is 0.750. The van der Waals surface area contributed by atoms with Crippen LogP contribution in [0.3, 0.4) is 0 Å². The van der Waals surface area contributed by atoms with Crippen LogP contribution < -0.4 is 10.1 Å². The minimum absolute atomic E-state index is 0.115. The van der Waals surface area contributed by atoms with Gasteiger partial charge >= 0.3 is 0 Å². The molecule has 0 saturated carbocycles. The third-order valence-electron chi connectivity index (χ3n) is 5.06. The highest BCUT2D eigenvalue weighted by Gasteiger charge is 2.05. The first-order chi connectivity index (χ1) is 15.2. The molecule has 1 aromatic heterocycles. The number of carbonyl (C=O) groups is 1. The molecule has 1 aromatic carbocycles. The van der Waals surface area contributed by atoms with E-state index in [0.29, 0.717) is 9.75 Å². The van der Waals surface area contributed by atoms with Crippen molar-refractivity contribution in [2.75, 3.05) is 11.9 Å². The minimum atomic E-state index is -0.115. The summed E-state index contributed by atoms with van der Waals surface area (Å²) in [5.41, 5.74) is 0.888. The topological polar surface area (TPSA) is 62.1 Å². The predicted molar refractivity (Wildman–Crippen MR) is 130 cm³/mol. The van der Waals surface area contributed by atoms with Crippen molar-refractivity contribution in [3.63, 3.8) is 0 Å². The number of allylic oxidation sites excluding steroid dienone is 1. The number of rotatable bonds is 16. The number of thiophene rings is 1. The SMILES string of the molecule is CCCCCCCCCCCCOc1ccc(N/C=C\C(=O)c2ccc(C#N)s2)cc1. The predicted octanol–water partition coefficient (Wildman–Crippen LogP) is 7.73. The van der Waals surface area contributed by atoms with Crippen LogP contribution in [-0.4, -0.2) is 12.4 Å². The summed E-state index contributed by atoms with van der Waals surface area (Å²) in [4.78, 5) is 13.2. The Morgan fingerprint density at radius 2 is 1.61 bits per heavy atom. The quantitative estimate of drug-likeness (QED) is 0.165. The molecule has 1 heterocycles. The van der Waals surface area contributed by atoms with Gasteiger partial charge in [-0.2, -0.15) is 5.26 Å². The van der Waals surface area contributed by atoms with Crippen molar-refractivity contribution >= 4 is 22.8 Å². The molecule has 5 heteroatoms. The first-order valence-corrected chi connectivity index (χ1v) is 12.2. The summed E-state index contributed by atoms with van der Waals surface area (Å²) in [6, 6.07) is 13.1. The van der Waals surface area contributed by atoms with E-state index < -0.39 is 0 Å². The molecule has 0 aliphatic heterocycles. The summed E-state index contributed by atoms with van der Waals surface area (Å²) < 4.78 is 5.82. The van der Waals surface area contributed by atoms with Crippen LogP contribution in [0, 0.1) is 11.3 Å². The number of benzene rings is 1. The van der Waals surface area contributed by atoms with Crippen molar-refractivity contribution in [2.45, 2.75) is 71.1 Å². The number of hydrogen-bond donors (Lipinski definition) is 1. The Bertz CT molecular complexity index is 834. The zero-order valence-corrected chi connectivity index (χ0v) is 19.4. The van der Waals surface area contributed by atoms with Crippen LogP contribution in [0.2, 0.25) is 0 Å². The third kappa shape index (κ3) is 10.3. The number of anilines is 1. The highest BCUT2D eigenvalue weighted by atomic mass is 32.1. The lowest BCUT2D eigenvalue weighted by Crippen LogP contribution is -1.97. The van der Waals surface area contributed by atoms with Gasteiger partial charge in [0.05, 0.1) is 11.5 Å². The molecule has 0 atom stereocenters. The van der Waals surface area contributed by atoms with Gasteiger partial charge in [-0.3, -0.25) is 4.79 Å². The molecule has 0 radical (unpaired) electrons. The van der Waals surface area contributed by atoms with E-state index in [-0.39, 0.29) is 5.78 Å². The Labute approximate surface area is 190 Å². The van der Waals surface area contributed by atoms with Crippen LogP contribution in [-0.2, 0) is 0 Å². The molecule has 166 valence electrons. The molecule has 2 rings (SSSR count). The molecule has 0 amide bonds. The van der Waals surface area contributed by atoms with Crippen LogP contribution in [0.25, 0.3) is 0 Å². The van der Waals surface area contributed by atoms with Crippen molar-refractivity contribution < 1.29 is 9.53 Å². The number of nitriles is 1. The lowest BCUT2D eigenvalue weighted by atomic mass is 10.1. The second-order valence-corrected chi connectivity index (χ2v) is 8.76. The van der Waals surface area contributed by atoms with Gasteiger partial charge in [-0.25, -0.2) is 0 Å². The number of unbranched alkanes of at least 4 members (excludes halogenated alkanes) is 9. The summed E-state index contributed by atoms with van der Waals surface area (Å²) in [6.45, 7) is 3.01. The second-order valence-electron chi connectivity index (χ2n) is 7.67. The summed E-state index contributed by atoms with van der Waals surface area (Å²) >= 11 is 1.20. The summed E-state index contributed by atoms with van der Waals surface area (Å²) in [6.07, 6.45) is 16.3. The molecule has 0 aliphatic carbocycles. The van der Waals surface area contributed by atoms with Crippen molar-refractivity contribution in [1.29, 1.82) is 5.26 Å². The van der Waals surface area contributed by atoms with E-state index in [1.54, 1.807) is 18.3 Å². The maximum absolute atomic E-state index is 12.1. The van der Waals surface area contributed by atoms with E-state index in [4.69, 9.17) is 10.00 Å².